The molecule has 0 aliphatic heterocycles. The summed E-state index contributed by atoms with van der Waals surface area (Å²) in [7, 11) is 4.34. The number of rotatable bonds is 5. The first-order valence-electron chi connectivity index (χ1n) is 14.9. The SMILES string of the molecule is CN(C)c1ccc([C@H]2C[C@]3(C)[C@@H](CCc4ccccc4)CC[C@H]3[C@@H]3CCC4CCCC[C@@H]4[C@H]32)cc1. The predicted molar refractivity (Wildman–Crippen MR) is 149 cm³/mol. The Morgan fingerprint density at radius 2 is 1.57 bits per heavy atom. The molecule has 0 radical (unpaired) electrons. The minimum Gasteiger partial charge on any atom is -0.378 e. The van der Waals surface area contributed by atoms with E-state index in [1.165, 1.54) is 81.9 Å². The summed E-state index contributed by atoms with van der Waals surface area (Å²) in [6.45, 7) is 2.74. The van der Waals surface area contributed by atoms with Gasteiger partial charge in [-0.1, -0.05) is 68.7 Å². The number of anilines is 1. The van der Waals surface area contributed by atoms with E-state index in [1.54, 1.807) is 5.56 Å². The molecule has 8 atom stereocenters. The maximum Gasteiger partial charge on any atom is 0.0361 e. The number of aryl methyl sites for hydroxylation is 1. The summed E-state index contributed by atoms with van der Waals surface area (Å²) in [5.41, 5.74) is 5.05. The highest BCUT2D eigenvalue weighted by Crippen LogP contribution is 2.68. The first kappa shape index (κ1) is 23.6. The van der Waals surface area contributed by atoms with Crippen LogP contribution in [-0.4, -0.2) is 14.1 Å². The van der Waals surface area contributed by atoms with Gasteiger partial charge in [0.05, 0.1) is 0 Å². The normalized spacial score (nSPS) is 38.3. The van der Waals surface area contributed by atoms with Crippen molar-refractivity contribution in [1.82, 2.24) is 0 Å². The van der Waals surface area contributed by atoms with Gasteiger partial charge in [0.25, 0.3) is 0 Å². The van der Waals surface area contributed by atoms with Gasteiger partial charge >= 0.3 is 0 Å². The molecule has 0 N–H and O–H groups in total. The molecule has 0 heterocycles. The minimum atomic E-state index is 0.516. The highest BCUT2D eigenvalue weighted by molar-refractivity contribution is 5.47. The average molecular weight is 470 g/mol. The van der Waals surface area contributed by atoms with Crippen molar-refractivity contribution in [2.75, 3.05) is 19.0 Å². The molecule has 35 heavy (non-hydrogen) atoms. The van der Waals surface area contributed by atoms with Gasteiger partial charge in [-0.3, -0.25) is 0 Å². The van der Waals surface area contributed by atoms with Gasteiger partial charge in [-0.25, -0.2) is 0 Å². The van der Waals surface area contributed by atoms with Crippen LogP contribution in [0.5, 0.6) is 0 Å². The number of benzene rings is 2. The Labute approximate surface area is 214 Å². The van der Waals surface area contributed by atoms with Gasteiger partial charge in [-0.05, 0) is 121 Å². The van der Waals surface area contributed by atoms with Crippen LogP contribution in [0.15, 0.2) is 54.6 Å². The topological polar surface area (TPSA) is 3.24 Å². The molecular weight excluding hydrogens is 422 g/mol. The summed E-state index contributed by atoms with van der Waals surface area (Å²) >= 11 is 0. The van der Waals surface area contributed by atoms with Crippen LogP contribution in [0.4, 0.5) is 5.69 Å². The molecular formula is C34H47N. The molecule has 0 amide bonds. The van der Waals surface area contributed by atoms with Crippen molar-refractivity contribution < 1.29 is 0 Å². The summed E-state index contributed by atoms with van der Waals surface area (Å²) in [4.78, 5) is 2.25. The second-order valence-electron chi connectivity index (χ2n) is 13.2. The number of hydrogen-bond donors (Lipinski definition) is 0. The van der Waals surface area contributed by atoms with Crippen LogP contribution in [-0.2, 0) is 6.42 Å². The average Bonchev–Trinajstić information content (AvgIpc) is 3.23. The lowest BCUT2D eigenvalue weighted by atomic mass is 9.46. The Hall–Kier alpha value is -1.76. The van der Waals surface area contributed by atoms with E-state index in [-0.39, 0.29) is 0 Å². The Kier molecular flexibility index (Phi) is 6.48. The van der Waals surface area contributed by atoms with Crippen LogP contribution in [0, 0.1) is 40.9 Å². The van der Waals surface area contributed by atoms with E-state index in [2.05, 4.69) is 80.5 Å². The second kappa shape index (κ2) is 9.60. The van der Waals surface area contributed by atoms with Gasteiger partial charge in [0.15, 0.2) is 0 Å². The Bertz CT molecular complexity index is 977. The molecule has 2 aromatic rings. The quantitative estimate of drug-likeness (QED) is 0.423. The molecule has 188 valence electrons. The smallest absolute Gasteiger partial charge is 0.0361 e. The lowest BCUT2D eigenvalue weighted by Gasteiger charge is -2.59. The first-order chi connectivity index (χ1) is 17.0. The van der Waals surface area contributed by atoms with E-state index in [1.807, 2.05) is 0 Å². The fraction of sp³-hybridized carbons (Fsp3) is 0.647. The number of fused-ring (bicyclic) bond motifs is 5. The van der Waals surface area contributed by atoms with E-state index >= 15 is 0 Å². The molecule has 1 unspecified atom stereocenters. The van der Waals surface area contributed by atoms with Crippen LogP contribution >= 0.6 is 0 Å². The fourth-order valence-corrected chi connectivity index (χ4v) is 9.88. The van der Waals surface area contributed by atoms with Crippen LogP contribution in [0.2, 0.25) is 0 Å². The van der Waals surface area contributed by atoms with Gasteiger partial charge in [0, 0.05) is 19.8 Å². The van der Waals surface area contributed by atoms with E-state index in [4.69, 9.17) is 0 Å². The van der Waals surface area contributed by atoms with Gasteiger partial charge in [-0.2, -0.15) is 0 Å². The number of hydrogen-bond acceptors (Lipinski definition) is 1. The van der Waals surface area contributed by atoms with Crippen molar-refractivity contribution in [3.8, 4) is 0 Å². The zero-order valence-electron chi connectivity index (χ0n) is 22.5. The van der Waals surface area contributed by atoms with Crippen molar-refractivity contribution in [1.29, 1.82) is 0 Å². The minimum absolute atomic E-state index is 0.516. The maximum atomic E-state index is 2.74. The first-order valence-corrected chi connectivity index (χ1v) is 14.9. The fourth-order valence-electron chi connectivity index (χ4n) is 9.88. The van der Waals surface area contributed by atoms with Crippen molar-refractivity contribution in [3.63, 3.8) is 0 Å². The van der Waals surface area contributed by atoms with Crippen molar-refractivity contribution in [2.45, 2.75) is 83.5 Å². The van der Waals surface area contributed by atoms with Crippen molar-refractivity contribution in [3.05, 3.63) is 65.7 Å². The van der Waals surface area contributed by atoms with Crippen LogP contribution in [0.1, 0.15) is 88.2 Å². The molecule has 0 spiro atoms. The molecule has 1 nitrogen and oxygen atoms in total. The monoisotopic (exact) mass is 469 g/mol. The Balaban J connectivity index is 1.32. The van der Waals surface area contributed by atoms with Crippen molar-refractivity contribution >= 4 is 5.69 Å². The standard InChI is InChI=1S/C34H47N/c1-34-23-31(26-14-19-28(20-15-26)35(2)3)33-29-12-8-7-11-25(29)16-21-30(33)32(34)22-18-27(34)17-13-24-9-5-4-6-10-24/h4-6,9-10,14-15,19-20,25,27,29-33H,7-8,11-13,16-18,21-23H2,1-3H3/t25?,27-,29-,30-,31+,32-,33+,34+/m0/s1. The van der Waals surface area contributed by atoms with E-state index in [0.29, 0.717) is 5.41 Å². The second-order valence-corrected chi connectivity index (χ2v) is 13.2. The molecule has 0 bridgehead atoms. The lowest BCUT2D eigenvalue weighted by molar-refractivity contribution is -0.0770. The van der Waals surface area contributed by atoms with E-state index in [0.717, 1.165) is 41.4 Å². The molecule has 2 aromatic carbocycles. The molecule has 4 aliphatic carbocycles. The molecule has 0 aromatic heterocycles. The van der Waals surface area contributed by atoms with Crippen LogP contribution in [0.25, 0.3) is 0 Å². The van der Waals surface area contributed by atoms with Crippen LogP contribution < -0.4 is 4.90 Å². The van der Waals surface area contributed by atoms with Gasteiger partial charge in [-0.15, -0.1) is 0 Å². The van der Waals surface area contributed by atoms with Gasteiger partial charge < -0.3 is 4.90 Å². The summed E-state index contributed by atoms with van der Waals surface area (Å²) in [6, 6.07) is 21.1. The maximum absolute atomic E-state index is 2.74. The third-order valence-electron chi connectivity index (χ3n) is 11.5. The zero-order chi connectivity index (χ0) is 24.0. The predicted octanol–water partition coefficient (Wildman–Crippen LogP) is 8.74. The largest absolute Gasteiger partial charge is 0.378 e. The molecule has 0 saturated heterocycles. The Morgan fingerprint density at radius 3 is 2.34 bits per heavy atom. The highest BCUT2D eigenvalue weighted by atomic mass is 15.1. The zero-order valence-corrected chi connectivity index (χ0v) is 22.5. The van der Waals surface area contributed by atoms with Crippen LogP contribution in [0.3, 0.4) is 0 Å². The summed E-state index contributed by atoms with van der Waals surface area (Å²) in [5, 5.41) is 0. The lowest BCUT2D eigenvalue weighted by Crippen LogP contribution is -2.51. The molecule has 4 aliphatic rings. The highest BCUT2D eigenvalue weighted by Gasteiger charge is 2.59. The van der Waals surface area contributed by atoms with Gasteiger partial charge in [0.1, 0.15) is 0 Å². The van der Waals surface area contributed by atoms with Gasteiger partial charge in [0.2, 0.25) is 0 Å². The molecule has 1 heteroatoms. The summed E-state index contributed by atoms with van der Waals surface area (Å²) in [5.74, 6) is 6.54. The molecule has 6 rings (SSSR count). The summed E-state index contributed by atoms with van der Waals surface area (Å²) < 4.78 is 0. The van der Waals surface area contributed by atoms with Crippen molar-refractivity contribution in [2.24, 2.45) is 40.9 Å². The summed E-state index contributed by atoms with van der Waals surface area (Å²) in [6.07, 6.45) is 16.1. The third kappa shape index (κ3) is 4.25. The molecule has 4 saturated carbocycles. The molecule has 4 fully saturated rings. The van der Waals surface area contributed by atoms with E-state index < -0.39 is 0 Å². The Morgan fingerprint density at radius 1 is 0.800 bits per heavy atom. The third-order valence-corrected chi connectivity index (χ3v) is 11.5. The van der Waals surface area contributed by atoms with E-state index in [9.17, 15) is 0 Å². The number of nitrogens with zero attached hydrogens (tertiary/aromatic N) is 1.